The van der Waals surface area contributed by atoms with E-state index in [1.165, 1.54) is 12.8 Å². The Balaban J connectivity index is 0.000000980. The lowest BCUT2D eigenvalue weighted by Gasteiger charge is -2.58. The van der Waals surface area contributed by atoms with Crippen molar-refractivity contribution in [2.24, 2.45) is 23.5 Å². The van der Waals surface area contributed by atoms with Gasteiger partial charge in [0.15, 0.2) is 0 Å². The number of H-pyrrole nitrogens is 1. The Bertz CT molecular complexity index is 823. The van der Waals surface area contributed by atoms with Crippen LogP contribution < -0.4 is 11.1 Å². The molecule has 4 bridgehead atoms. The summed E-state index contributed by atoms with van der Waals surface area (Å²) < 4.78 is 0. The molecule has 2 heterocycles. The number of nitrogens with one attached hydrogen (secondary N) is 2. The van der Waals surface area contributed by atoms with E-state index in [1.54, 1.807) is 6.20 Å². The Morgan fingerprint density at radius 2 is 2.00 bits per heavy atom. The van der Waals surface area contributed by atoms with Crippen molar-refractivity contribution in [3.8, 4) is 0 Å². The molecule has 0 radical (unpaired) electrons. The van der Waals surface area contributed by atoms with Crippen LogP contribution in [0.3, 0.4) is 0 Å². The molecule has 2 aromatic rings. The molecule has 1 amide bonds. The average Bonchev–Trinajstić information content (AvgIpc) is 2.97. The number of amides is 1. The highest BCUT2D eigenvalue weighted by Gasteiger charge is 2.54. The van der Waals surface area contributed by atoms with E-state index in [9.17, 15) is 9.90 Å². The van der Waals surface area contributed by atoms with Crippen LogP contribution in [0.25, 0.3) is 11.0 Å². The zero-order valence-electron chi connectivity index (χ0n) is 14.4. The lowest BCUT2D eigenvalue weighted by molar-refractivity contribution is -0.129. The molecule has 5 atom stereocenters. The number of carbonyl (C=O) groups is 1. The molecule has 8 heteroatoms. The zero-order valence-corrected chi connectivity index (χ0v) is 15.2. The summed E-state index contributed by atoms with van der Waals surface area (Å²) in [6.45, 7) is 0. The number of aromatic nitrogens is 2. The minimum absolute atomic E-state index is 0. The summed E-state index contributed by atoms with van der Waals surface area (Å²) in [4.78, 5) is 19.3. The van der Waals surface area contributed by atoms with Gasteiger partial charge in [-0.15, -0.1) is 12.4 Å². The predicted octanol–water partition coefficient (Wildman–Crippen LogP) is 1.61. The average molecular weight is 381 g/mol. The number of carbonyl (C=O) groups excluding carboxylic acids is 1. The van der Waals surface area contributed by atoms with Crippen LogP contribution in [0.1, 0.15) is 42.5 Å². The topological polar surface area (TPSA) is 136 Å². The molecule has 0 spiro atoms. The first-order valence-corrected chi connectivity index (χ1v) is 8.77. The summed E-state index contributed by atoms with van der Waals surface area (Å²) in [7, 11) is 0. The van der Waals surface area contributed by atoms with Crippen molar-refractivity contribution in [1.29, 1.82) is 0 Å². The molecule has 142 valence electrons. The Kier molecular flexibility index (Phi) is 4.67. The number of primary amides is 1. The number of rotatable bonds is 3. The lowest BCUT2D eigenvalue weighted by atomic mass is 9.52. The van der Waals surface area contributed by atoms with Gasteiger partial charge in [0.2, 0.25) is 0 Å². The second-order valence-corrected chi connectivity index (χ2v) is 8.02. The first kappa shape index (κ1) is 18.9. The predicted molar refractivity (Wildman–Crippen MR) is 101 cm³/mol. The minimum atomic E-state index is -0.462. The molecule has 6 rings (SSSR count). The smallest absolute Gasteiger partial charge is 0.252 e. The molecule has 4 saturated carbocycles. The monoisotopic (exact) mass is 380 g/mol. The highest BCUT2D eigenvalue weighted by Crippen LogP contribution is 2.56. The van der Waals surface area contributed by atoms with E-state index in [1.807, 2.05) is 12.3 Å². The Morgan fingerprint density at radius 1 is 1.31 bits per heavy atom. The van der Waals surface area contributed by atoms with E-state index in [2.05, 4.69) is 15.3 Å². The number of pyridine rings is 1. The third-order valence-corrected chi connectivity index (χ3v) is 6.40. The zero-order chi connectivity index (χ0) is 16.5. The number of halogens is 1. The first-order chi connectivity index (χ1) is 11.5. The van der Waals surface area contributed by atoms with Crippen molar-refractivity contribution >= 4 is 35.0 Å². The number of aliphatic hydroxyl groups is 1. The van der Waals surface area contributed by atoms with E-state index in [0.29, 0.717) is 29.4 Å². The fraction of sp³-hybridized carbons (Fsp3) is 0.556. The third-order valence-electron chi connectivity index (χ3n) is 6.40. The molecule has 26 heavy (non-hydrogen) atoms. The first-order valence-electron chi connectivity index (χ1n) is 8.77. The second-order valence-electron chi connectivity index (χ2n) is 8.02. The number of aromatic amines is 1. The molecule has 2 aromatic heterocycles. The number of nitrogens with two attached hydrogens (primary N) is 1. The quantitative estimate of drug-likeness (QED) is 0.643. The van der Waals surface area contributed by atoms with Gasteiger partial charge in [-0.1, -0.05) is 0 Å². The van der Waals surface area contributed by atoms with Crippen LogP contribution in [0, 0.1) is 17.8 Å². The highest BCUT2D eigenvalue weighted by atomic mass is 35.5. The van der Waals surface area contributed by atoms with Crippen molar-refractivity contribution in [2.45, 2.75) is 43.7 Å². The van der Waals surface area contributed by atoms with Gasteiger partial charge in [-0.05, 0) is 55.9 Å². The van der Waals surface area contributed by atoms with E-state index >= 15 is 0 Å². The van der Waals surface area contributed by atoms with E-state index in [-0.39, 0.29) is 17.9 Å². The Hall–Kier alpha value is -1.83. The van der Waals surface area contributed by atoms with Crippen LogP contribution in [0.4, 0.5) is 5.69 Å². The maximum absolute atomic E-state index is 11.9. The van der Waals surface area contributed by atoms with Crippen molar-refractivity contribution < 1.29 is 15.4 Å². The molecule has 4 aliphatic carbocycles. The summed E-state index contributed by atoms with van der Waals surface area (Å²) in [5, 5.41) is 15.3. The van der Waals surface area contributed by atoms with Gasteiger partial charge in [0.1, 0.15) is 5.65 Å². The summed E-state index contributed by atoms with van der Waals surface area (Å²) in [6, 6.07) is 2.22. The molecule has 7 nitrogen and oxygen atoms in total. The van der Waals surface area contributed by atoms with Crippen molar-refractivity contribution in [1.82, 2.24) is 9.97 Å². The van der Waals surface area contributed by atoms with Gasteiger partial charge in [-0.3, -0.25) is 4.79 Å². The van der Waals surface area contributed by atoms with Crippen LogP contribution >= 0.6 is 12.4 Å². The second kappa shape index (κ2) is 6.40. The van der Waals surface area contributed by atoms with Crippen LogP contribution in [-0.4, -0.2) is 38.1 Å². The van der Waals surface area contributed by atoms with Gasteiger partial charge in [0.25, 0.3) is 5.91 Å². The fourth-order valence-electron chi connectivity index (χ4n) is 5.73. The fourth-order valence-corrected chi connectivity index (χ4v) is 5.73. The molecule has 0 saturated heterocycles. The summed E-state index contributed by atoms with van der Waals surface area (Å²) >= 11 is 0. The van der Waals surface area contributed by atoms with E-state index in [0.717, 1.165) is 36.0 Å². The molecule has 4 aliphatic rings. The van der Waals surface area contributed by atoms with Crippen LogP contribution in [0.5, 0.6) is 0 Å². The van der Waals surface area contributed by atoms with Gasteiger partial charge < -0.3 is 26.6 Å². The number of anilines is 1. The summed E-state index contributed by atoms with van der Waals surface area (Å²) in [5.74, 6) is 1.12. The van der Waals surface area contributed by atoms with Crippen LogP contribution in [0.15, 0.2) is 18.5 Å². The maximum Gasteiger partial charge on any atom is 0.252 e. The normalized spacial score (nSPS) is 34.2. The van der Waals surface area contributed by atoms with E-state index in [4.69, 9.17) is 5.73 Å². The molecular weight excluding hydrogens is 356 g/mol. The molecule has 0 aliphatic heterocycles. The SMILES string of the molecule is Cl.NC(=O)c1cnc2[nH]ccc2c1NC1[C@@H]2CC3C[C@H]1CC(O)(C3)C2.O. The van der Waals surface area contributed by atoms with Crippen molar-refractivity contribution in [2.75, 3.05) is 5.32 Å². The van der Waals surface area contributed by atoms with Gasteiger partial charge in [0, 0.05) is 23.8 Å². The lowest BCUT2D eigenvalue weighted by Crippen LogP contribution is -2.59. The number of hydrogen-bond acceptors (Lipinski definition) is 4. The van der Waals surface area contributed by atoms with Crippen molar-refractivity contribution in [3.05, 3.63) is 24.0 Å². The van der Waals surface area contributed by atoms with Crippen LogP contribution in [-0.2, 0) is 0 Å². The standard InChI is InChI=1S/C18H22N4O2.ClH.H2O/c19-16(23)13-8-21-17-12(1-2-20-17)15(13)22-14-10-3-9-4-11(14)7-18(24,5-9)6-10;;/h1-2,8-11,14,24H,3-7H2,(H2,19,23)(H2,20,21,22);1H;1H2/t9?,10-,11+,14?,18?;;. The van der Waals surface area contributed by atoms with E-state index < -0.39 is 11.5 Å². The molecule has 3 unspecified atom stereocenters. The minimum Gasteiger partial charge on any atom is -0.412 e. The summed E-state index contributed by atoms with van der Waals surface area (Å²) in [6.07, 6.45) is 8.42. The maximum atomic E-state index is 11.9. The molecule has 0 aromatic carbocycles. The van der Waals surface area contributed by atoms with Gasteiger partial charge in [-0.25, -0.2) is 4.98 Å². The number of nitrogens with zero attached hydrogens (tertiary/aromatic N) is 1. The molecule has 7 N–H and O–H groups in total. The Morgan fingerprint density at radius 3 is 2.62 bits per heavy atom. The molecule has 4 fully saturated rings. The van der Waals surface area contributed by atoms with Gasteiger partial charge in [0.05, 0.1) is 16.9 Å². The molecular formula is C18H25ClN4O3. The number of fused-ring (bicyclic) bond motifs is 1. The van der Waals surface area contributed by atoms with Crippen LogP contribution in [0.2, 0.25) is 0 Å². The third kappa shape index (κ3) is 2.74. The van der Waals surface area contributed by atoms with Gasteiger partial charge >= 0.3 is 0 Å². The van der Waals surface area contributed by atoms with Crippen molar-refractivity contribution in [3.63, 3.8) is 0 Å². The van der Waals surface area contributed by atoms with Gasteiger partial charge in [-0.2, -0.15) is 0 Å². The highest BCUT2D eigenvalue weighted by molar-refractivity contribution is 6.06. The Labute approximate surface area is 157 Å². The largest absolute Gasteiger partial charge is 0.412 e. The summed E-state index contributed by atoms with van der Waals surface area (Å²) in [5.41, 5.74) is 7.10. The number of hydrogen-bond donors (Lipinski definition) is 4.